The van der Waals surface area contributed by atoms with Crippen molar-refractivity contribution in [3.8, 4) is 5.75 Å². The molecule has 0 amide bonds. The van der Waals surface area contributed by atoms with Crippen LogP contribution in [0.1, 0.15) is 16.7 Å². The molecule has 27 heavy (non-hydrogen) atoms. The molecule has 2 N–H and O–H groups in total. The average Bonchev–Trinajstić information content (AvgIpc) is 2.69. The number of aliphatic hydroxyl groups excluding tert-OH is 1. The molecule has 3 aromatic carbocycles. The van der Waals surface area contributed by atoms with E-state index in [1.54, 1.807) is 0 Å². The van der Waals surface area contributed by atoms with E-state index in [2.05, 4.69) is 72.9 Å². The van der Waals surface area contributed by atoms with Gasteiger partial charge in [0.25, 0.3) is 0 Å². The fourth-order valence-electron chi connectivity index (χ4n) is 3.12. The van der Waals surface area contributed by atoms with E-state index in [9.17, 15) is 0 Å². The van der Waals surface area contributed by atoms with Crippen molar-refractivity contribution in [3.05, 3.63) is 77.4 Å². The maximum absolute atomic E-state index is 8.76. The molecule has 0 aromatic heterocycles. The number of fused-ring (bicyclic) bond motifs is 1. The molecule has 0 aliphatic rings. The molecular formula is C23H27NO3. The molecule has 3 aromatic rings. The molecular weight excluding hydrogens is 338 g/mol. The molecule has 0 fully saturated rings. The van der Waals surface area contributed by atoms with Gasteiger partial charge in [-0.15, -0.1) is 0 Å². The zero-order valence-electron chi connectivity index (χ0n) is 15.8. The second kappa shape index (κ2) is 10.1. The van der Waals surface area contributed by atoms with E-state index in [4.69, 9.17) is 14.6 Å². The van der Waals surface area contributed by atoms with Gasteiger partial charge in [0.05, 0.1) is 19.8 Å². The summed E-state index contributed by atoms with van der Waals surface area (Å²) in [4.78, 5) is 0. The van der Waals surface area contributed by atoms with Gasteiger partial charge in [0.1, 0.15) is 12.4 Å². The highest BCUT2D eigenvalue weighted by molar-refractivity contribution is 5.87. The third-order valence-corrected chi connectivity index (χ3v) is 4.44. The molecule has 0 bridgehead atoms. The van der Waals surface area contributed by atoms with Crippen molar-refractivity contribution in [3.63, 3.8) is 0 Å². The Morgan fingerprint density at radius 2 is 1.85 bits per heavy atom. The topological polar surface area (TPSA) is 50.7 Å². The Morgan fingerprint density at radius 1 is 0.963 bits per heavy atom. The van der Waals surface area contributed by atoms with Crippen LogP contribution < -0.4 is 10.1 Å². The summed E-state index contributed by atoms with van der Waals surface area (Å²) in [6, 6.07) is 20.9. The zero-order chi connectivity index (χ0) is 18.9. The van der Waals surface area contributed by atoms with Crippen LogP contribution in [0.3, 0.4) is 0 Å². The van der Waals surface area contributed by atoms with Gasteiger partial charge >= 0.3 is 0 Å². The number of nitrogens with one attached hydrogen (secondary N) is 1. The average molecular weight is 365 g/mol. The highest BCUT2D eigenvalue weighted by Gasteiger charge is 2.09. The Balaban J connectivity index is 1.73. The summed E-state index contributed by atoms with van der Waals surface area (Å²) in [6.45, 7) is 5.07. The lowest BCUT2D eigenvalue weighted by atomic mass is 10.0. The molecule has 0 saturated carbocycles. The number of rotatable bonds is 10. The largest absolute Gasteiger partial charge is 0.489 e. The molecule has 4 heteroatoms. The quantitative estimate of drug-likeness (QED) is 0.536. The van der Waals surface area contributed by atoms with Gasteiger partial charge in [0.2, 0.25) is 0 Å². The van der Waals surface area contributed by atoms with Crippen LogP contribution >= 0.6 is 0 Å². The summed E-state index contributed by atoms with van der Waals surface area (Å²) in [7, 11) is 0. The Hall–Kier alpha value is -2.40. The van der Waals surface area contributed by atoms with Gasteiger partial charge in [0, 0.05) is 18.7 Å². The smallest absolute Gasteiger partial charge is 0.124 e. The lowest BCUT2D eigenvalue weighted by Gasteiger charge is -2.15. The molecule has 142 valence electrons. The third-order valence-electron chi connectivity index (χ3n) is 4.44. The van der Waals surface area contributed by atoms with Gasteiger partial charge in [-0.1, -0.05) is 60.2 Å². The Kier molecular flexibility index (Phi) is 7.22. The molecule has 0 spiro atoms. The highest BCUT2D eigenvalue weighted by atomic mass is 16.5. The molecule has 0 aliphatic carbocycles. The molecule has 3 rings (SSSR count). The van der Waals surface area contributed by atoms with E-state index < -0.39 is 0 Å². The van der Waals surface area contributed by atoms with Gasteiger partial charge < -0.3 is 19.9 Å². The van der Waals surface area contributed by atoms with Gasteiger partial charge in [-0.2, -0.15) is 0 Å². The normalized spacial score (nSPS) is 11.0. The summed E-state index contributed by atoms with van der Waals surface area (Å²) >= 11 is 0. The first kappa shape index (κ1) is 19.4. The van der Waals surface area contributed by atoms with Crippen LogP contribution in [0.25, 0.3) is 10.8 Å². The van der Waals surface area contributed by atoms with Crippen LogP contribution in [-0.4, -0.2) is 31.5 Å². The number of hydrogen-bond donors (Lipinski definition) is 2. The second-order valence-corrected chi connectivity index (χ2v) is 6.55. The van der Waals surface area contributed by atoms with E-state index in [-0.39, 0.29) is 6.61 Å². The maximum Gasteiger partial charge on any atom is 0.124 e. The number of ether oxygens (including phenoxy) is 2. The van der Waals surface area contributed by atoms with E-state index in [0.29, 0.717) is 26.4 Å². The minimum absolute atomic E-state index is 0.0558. The second-order valence-electron chi connectivity index (χ2n) is 6.55. The lowest BCUT2D eigenvalue weighted by molar-refractivity contribution is 0.0938. The number of aliphatic hydroxyl groups is 1. The molecule has 0 saturated heterocycles. The monoisotopic (exact) mass is 365 g/mol. The first-order chi connectivity index (χ1) is 13.3. The Labute approximate surface area is 160 Å². The molecule has 0 heterocycles. The predicted octanol–water partition coefficient (Wildman–Crippen LogP) is 3.83. The van der Waals surface area contributed by atoms with Crippen molar-refractivity contribution >= 4 is 10.8 Å². The van der Waals surface area contributed by atoms with Crippen molar-refractivity contribution < 1.29 is 14.6 Å². The standard InChI is InChI=1S/C23H27NO3/c1-18-5-4-6-19(15-18)17-27-23-10-9-20-7-2-3-8-21(20)22(23)16-24-11-13-26-14-12-25/h2-10,15,24-25H,11-14,16-17H2,1H3. The van der Waals surface area contributed by atoms with Crippen molar-refractivity contribution in [1.29, 1.82) is 0 Å². The summed E-state index contributed by atoms with van der Waals surface area (Å²) in [6.07, 6.45) is 0. The minimum Gasteiger partial charge on any atom is -0.489 e. The first-order valence-corrected chi connectivity index (χ1v) is 9.36. The SMILES string of the molecule is Cc1cccc(COc2ccc3ccccc3c2CNCCOCCO)c1. The van der Waals surface area contributed by atoms with Gasteiger partial charge in [-0.25, -0.2) is 0 Å². The highest BCUT2D eigenvalue weighted by Crippen LogP contribution is 2.28. The zero-order valence-corrected chi connectivity index (χ0v) is 15.8. The van der Waals surface area contributed by atoms with Gasteiger partial charge in [0.15, 0.2) is 0 Å². The van der Waals surface area contributed by atoms with Gasteiger partial charge in [-0.05, 0) is 29.3 Å². The van der Waals surface area contributed by atoms with Crippen LogP contribution in [0.2, 0.25) is 0 Å². The molecule has 0 atom stereocenters. The predicted molar refractivity (Wildman–Crippen MR) is 109 cm³/mol. The Bertz CT molecular complexity index is 863. The van der Waals surface area contributed by atoms with Crippen LogP contribution in [-0.2, 0) is 17.9 Å². The van der Waals surface area contributed by atoms with E-state index >= 15 is 0 Å². The van der Waals surface area contributed by atoms with Crippen LogP contribution in [0, 0.1) is 6.92 Å². The fourth-order valence-corrected chi connectivity index (χ4v) is 3.12. The number of hydrogen-bond acceptors (Lipinski definition) is 4. The Morgan fingerprint density at radius 3 is 2.70 bits per heavy atom. The van der Waals surface area contributed by atoms with E-state index in [1.165, 1.54) is 21.9 Å². The molecule has 0 unspecified atom stereocenters. The van der Waals surface area contributed by atoms with Crippen molar-refractivity contribution in [1.82, 2.24) is 5.32 Å². The van der Waals surface area contributed by atoms with Gasteiger partial charge in [-0.3, -0.25) is 0 Å². The summed E-state index contributed by atoms with van der Waals surface area (Å²) in [5.41, 5.74) is 3.56. The molecule has 0 radical (unpaired) electrons. The number of aryl methyl sites for hydroxylation is 1. The van der Waals surface area contributed by atoms with Crippen molar-refractivity contribution in [2.24, 2.45) is 0 Å². The summed E-state index contributed by atoms with van der Waals surface area (Å²) in [5, 5.41) is 14.6. The lowest BCUT2D eigenvalue weighted by Crippen LogP contribution is -2.20. The van der Waals surface area contributed by atoms with Crippen LogP contribution in [0.5, 0.6) is 5.75 Å². The van der Waals surface area contributed by atoms with Crippen LogP contribution in [0.4, 0.5) is 0 Å². The molecule has 0 aliphatic heterocycles. The summed E-state index contributed by atoms with van der Waals surface area (Å²) in [5.74, 6) is 0.902. The minimum atomic E-state index is 0.0558. The summed E-state index contributed by atoms with van der Waals surface area (Å²) < 4.78 is 11.5. The fraction of sp³-hybridized carbons (Fsp3) is 0.304. The first-order valence-electron chi connectivity index (χ1n) is 9.36. The molecule has 4 nitrogen and oxygen atoms in total. The van der Waals surface area contributed by atoms with Crippen LogP contribution in [0.15, 0.2) is 60.7 Å². The van der Waals surface area contributed by atoms with Crippen molar-refractivity contribution in [2.45, 2.75) is 20.1 Å². The van der Waals surface area contributed by atoms with E-state index in [1.807, 2.05) is 0 Å². The maximum atomic E-state index is 8.76. The third kappa shape index (κ3) is 5.54. The number of benzene rings is 3. The van der Waals surface area contributed by atoms with E-state index in [0.717, 1.165) is 17.9 Å². The van der Waals surface area contributed by atoms with Crippen molar-refractivity contribution in [2.75, 3.05) is 26.4 Å².